The van der Waals surface area contributed by atoms with Crippen molar-refractivity contribution in [3.05, 3.63) is 48.6 Å². The number of allylic oxidation sites excluding steroid dienone is 8. The van der Waals surface area contributed by atoms with Crippen molar-refractivity contribution >= 4 is 17.9 Å². The van der Waals surface area contributed by atoms with Gasteiger partial charge in [0.1, 0.15) is 13.2 Å². The summed E-state index contributed by atoms with van der Waals surface area (Å²) in [6.07, 6.45) is 62.4. The van der Waals surface area contributed by atoms with Gasteiger partial charge in [-0.05, 0) is 96.3 Å². The van der Waals surface area contributed by atoms with E-state index in [4.69, 9.17) is 14.2 Å². The van der Waals surface area contributed by atoms with Crippen LogP contribution in [0.15, 0.2) is 48.6 Å². The second-order valence-corrected chi connectivity index (χ2v) is 18.1. The molecule has 63 heavy (non-hydrogen) atoms. The molecular weight excluding hydrogens is 781 g/mol. The maximum atomic E-state index is 12.8. The Morgan fingerprint density at radius 1 is 0.317 bits per heavy atom. The van der Waals surface area contributed by atoms with Crippen molar-refractivity contribution in [2.75, 3.05) is 13.2 Å². The molecule has 0 N–H and O–H groups in total. The van der Waals surface area contributed by atoms with E-state index in [1.165, 1.54) is 148 Å². The van der Waals surface area contributed by atoms with Crippen molar-refractivity contribution in [2.24, 2.45) is 0 Å². The van der Waals surface area contributed by atoms with Gasteiger partial charge in [0.25, 0.3) is 0 Å². The lowest BCUT2D eigenvalue weighted by Gasteiger charge is -2.18. The molecule has 1 unspecified atom stereocenters. The lowest BCUT2D eigenvalue weighted by atomic mass is 10.1. The number of hydrogen-bond donors (Lipinski definition) is 0. The van der Waals surface area contributed by atoms with Gasteiger partial charge >= 0.3 is 17.9 Å². The van der Waals surface area contributed by atoms with Crippen molar-refractivity contribution in [1.82, 2.24) is 0 Å². The summed E-state index contributed by atoms with van der Waals surface area (Å²) in [7, 11) is 0. The van der Waals surface area contributed by atoms with E-state index in [0.717, 1.165) is 89.9 Å². The van der Waals surface area contributed by atoms with Crippen LogP contribution in [0.3, 0.4) is 0 Å². The highest BCUT2D eigenvalue weighted by Crippen LogP contribution is 2.15. The number of unbranched alkanes of at least 4 members (excludes halogenated alkanes) is 30. The predicted octanol–water partition coefficient (Wildman–Crippen LogP) is 17.9. The highest BCUT2D eigenvalue weighted by Gasteiger charge is 2.19. The van der Waals surface area contributed by atoms with E-state index in [1.807, 2.05) is 0 Å². The molecule has 0 saturated heterocycles. The molecular formula is C57H102O6. The van der Waals surface area contributed by atoms with Crippen molar-refractivity contribution in [2.45, 2.75) is 284 Å². The Labute approximate surface area is 390 Å². The lowest BCUT2D eigenvalue weighted by molar-refractivity contribution is -0.167. The maximum absolute atomic E-state index is 12.8. The molecule has 0 bridgehead atoms. The van der Waals surface area contributed by atoms with Gasteiger partial charge in [-0.1, -0.05) is 211 Å². The van der Waals surface area contributed by atoms with Crippen LogP contribution in [-0.4, -0.2) is 37.2 Å². The summed E-state index contributed by atoms with van der Waals surface area (Å²) in [5, 5.41) is 0. The summed E-state index contributed by atoms with van der Waals surface area (Å²) < 4.78 is 16.8. The van der Waals surface area contributed by atoms with Crippen LogP contribution in [0.5, 0.6) is 0 Å². The molecule has 0 amide bonds. The number of esters is 3. The topological polar surface area (TPSA) is 78.9 Å². The standard InChI is InChI=1S/C57H102O6/c1-4-7-10-13-16-19-22-24-26-28-29-31-32-35-38-41-44-47-50-56(59)62-53-54(52-61-55(58)49-46-43-40-37-34-21-18-15-12-9-6-3)63-57(60)51-48-45-42-39-36-33-30-27-25-23-20-17-14-11-8-5-2/h15,18,20,23,26-28,30,54H,4-14,16-17,19,21-22,24-25,29,31-53H2,1-3H3/b18-15-,23-20-,28-26-,30-27-. The van der Waals surface area contributed by atoms with Crippen LogP contribution in [0.4, 0.5) is 0 Å². The average molecular weight is 883 g/mol. The van der Waals surface area contributed by atoms with Gasteiger partial charge in [0, 0.05) is 19.3 Å². The second-order valence-electron chi connectivity index (χ2n) is 18.1. The van der Waals surface area contributed by atoms with E-state index < -0.39 is 6.10 Å². The van der Waals surface area contributed by atoms with Crippen LogP contribution in [0.25, 0.3) is 0 Å². The number of carbonyl (C=O) groups is 3. The van der Waals surface area contributed by atoms with E-state index in [9.17, 15) is 14.4 Å². The third-order valence-electron chi connectivity index (χ3n) is 11.8. The largest absolute Gasteiger partial charge is 0.462 e. The minimum Gasteiger partial charge on any atom is -0.462 e. The molecule has 0 saturated carbocycles. The van der Waals surface area contributed by atoms with E-state index in [1.54, 1.807) is 0 Å². The first-order chi connectivity index (χ1) is 31.0. The van der Waals surface area contributed by atoms with Gasteiger partial charge in [-0.15, -0.1) is 0 Å². The van der Waals surface area contributed by atoms with Crippen LogP contribution >= 0.6 is 0 Å². The molecule has 0 aliphatic heterocycles. The SMILES string of the molecule is CCCC/C=C\CCCCCCCC(=O)OCC(COC(=O)CCCCCCCCC/C=C\CCCCCCCCC)OC(=O)CCCCCCC/C=C\C/C=C\CCCCCC. The van der Waals surface area contributed by atoms with E-state index in [-0.39, 0.29) is 31.1 Å². The van der Waals surface area contributed by atoms with Gasteiger partial charge in [-0.25, -0.2) is 0 Å². The minimum absolute atomic E-state index is 0.0828. The van der Waals surface area contributed by atoms with E-state index in [2.05, 4.69) is 69.4 Å². The Bertz CT molecular complexity index is 1110. The Hall–Kier alpha value is -2.63. The van der Waals surface area contributed by atoms with Crippen molar-refractivity contribution in [3.63, 3.8) is 0 Å². The fourth-order valence-corrected chi connectivity index (χ4v) is 7.62. The van der Waals surface area contributed by atoms with Crippen LogP contribution in [0, 0.1) is 0 Å². The summed E-state index contributed by atoms with van der Waals surface area (Å²) in [6.45, 7) is 6.58. The summed E-state index contributed by atoms with van der Waals surface area (Å²) in [5.74, 6) is -0.903. The van der Waals surface area contributed by atoms with Crippen LogP contribution in [-0.2, 0) is 28.6 Å². The van der Waals surface area contributed by atoms with Gasteiger partial charge in [0.05, 0.1) is 0 Å². The highest BCUT2D eigenvalue weighted by molar-refractivity contribution is 5.71. The monoisotopic (exact) mass is 883 g/mol. The number of rotatable bonds is 49. The quantitative estimate of drug-likeness (QED) is 0.0262. The molecule has 1 atom stereocenters. The maximum Gasteiger partial charge on any atom is 0.306 e. The average Bonchev–Trinajstić information content (AvgIpc) is 3.28. The lowest BCUT2D eigenvalue weighted by Crippen LogP contribution is -2.30. The number of hydrogen-bond acceptors (Lipinski definition) is 6. The van der Waals surface area contributed by atoms with E-state index in [0.29, 0.717) is 19.3 Å². The van der Waals surface area contributed by atoms with Crippen LogP contribution in [0.1, 0.15) is 278 Å². The first-order valence-corrected chi connectivity index (χ1v) is 27.1. The van der Waals surface area contributed by atoms with Gasteiger partial charge in [0.15, 0.2) is 6.10 Å². The molecule has 0 aliphatic rings. The van der Waals surface area contributed by atoms with E-state index >= 15 is 0 Å². The molecule has 0 aliphatic carbocycles. The van der Waals surface area contributed by atoms with Gasteiger partial charge < -0.3 is 14.2 Å². The third kappa shape index (κ3) is 50.2. The number of ether oxygens (including phenoxy) is 3. The summed E-state index contributed by atoms with van der Waals surface area (Å²) in [6, 6.07) is 0. The second kappa shape index (κ2) is 52.0. The molecule has 0 aromatic heterocycles. The zero-order valence-electron chi connectivity index (χ0n) is 41.8. The number of carbonyl (C=O) groups excluding carboxylic acids is 3. The van der Waals surface area contributed by atoms with Gasteiger partial charge in [0.2, 0.25) is 0 Å². The molecule has 366 valence electrons. The molecule has 0 radical (unpaired) electrons. The summed E-state index contributed by atoms with van der Waals surface area (Å²) >= 11 is 0. The normalized spacial score (nSPS) is 12.4. The minimum atomic E-state index is -0.784. The van der Waals surface area contributed by atoms with Gasteiger partial charge in [-0.3, -0.25) is 14.4 Å². The molecule has 0 spiro atoms. The Morgan fingerprint density at radius 3 is 0.952 bits per heavy atom. The Kier molecular flexibility index (Phi) is 49.8. The van der Waals surface area contributed by atoms with Crippen LogP contribution < -0.4 is 0 Å². The molecule has 6 nitrogen and oxygen atoms in total. The first-order valence-electron chi connectivity index (χ1n) is 27.1. The third-order valence-corrected chi connectivity index (χ3v) is 11.8. The Balaban J connectivity index is 4.36. The molecule has 0 heterocycles. The molecule has 0 aromatic rings. The summed E-state index contributed by atoms with van der Waals surface area (Å²) in [5.41, 5.74) is 0. The highest BCUT2D eigenvalue weighted by atomic mass is 16.6. The fourth-order valence-electron chi connectivity index (χ4n) is 7.62. The van der Waals surface area contributed by atoms with Crippen molar-refractivity contribution in [3.8, 4) is 0 Å². The Morgan fingerprint density at radius 2 is 0.587 bits per heavy atom. The fraction of sp³-hybridized carbons (Fsp3) is 0.807. The smallest absolute Gasteiger partial charge is 0.306 e. The van der Waals surface area contributed by atoms with Gasteiger partial charge in [-0.2, -0.15) is 0 Å². The van der Waals surface area contributed by atoms with Crippen molar-refractivity contribution in [1.29, 1.82) is 0 Å². The predicted molar refractivity (Wildman–Crippen MR) is 270 cm³/mol. The zero-order valence-corrected chi connectivity index (χ0v) is 41.8. The van der Waals surface area contributed by atoms with Crippen LogP contribution in [0.2, 0.25) is 0 Å². The molecule has 0 rings (SSSR count). The zero-order chi connectivity index (χ0) is 45.8. The molecule has 0 fully saturated rings. The first kappa shape index (κ1) is 60.4. The molecule has 6 heteroatoms. The van der Waals surface area contributed by atoms with Crippen molar-refractivity contribution < 1.29 is 28.6 Å². The summed E-state index contributed by atoms with van der Waals surface area (Å²) in [4.78, 5) is 38.0. The molecule has 0 aromatic carbocycles.